The van der Waals surface area contributed by atoms with Crippen LogP contribution in [0.15, 0.2) is 142 Å². The largest absolute Gasteiger partial charge is 0.460 e. The van der Waals surface area contributed by atoms with E-state index >= 15 is 0 Å². The minimum absolute atomic E-state index is 0.227. The maximum atomic E-state index is 6.49. The van der Waals surface area contributed by atoms with Crippen LogP contribution in [-0.4, -0.2) is 5.71 Å². The molecule has 0 amide bonds. The third kappa shape index (κ3) is 5.11. The Bertz CT molecular complexity index is 2790. The summed E-state index contributed by atoms with van der Waals surface area (Å²) in [5, 5.41) is 9.69. The fraction of sp³-hybridized carbons (Fsp3) is 0.212. The molecule has 0 bridgehead atoms. The van der Waals surface area contributed by atoms with Crippen molar-refractivity contribution in [2.45, 2.75) is 58.8 Å². The Morgan fingerprint density at radius 1 is 0.704 bits per heavy atom. The van der Waals surface area contributed by atoms with Crippen LogP contribution >= 0.6 is 0 Å². The lowest BCUT2D eigenvalue weighted by Crippen LogP contribution is -2.22. The number of fused-ring (bicyclic) bond motifs is 9. The highest BCUT2D eigenvalue weighted by molar-refractivity contribution is 6.28. The Morgan fingerprint density at radius 3 is 2.44 bits per heavy atom. The van der Waals surface area contributed by atoms with Gasteiger partial charge in [-0.1, -0.05) is 142 Å². The Labute approximate surface area is 318 Å². The van der Waals surface area contributed by atoms with Gasteiger partial charge in [0, 0.05) is 40.5 Å². The Hall–Kier alpha value is -5.73. The molecule has 6 aromatic rings. The van der Waals surface area contributed by atoms with Crippen LogP contribution in [0.25, 0.3) is 61.1 Å². The number of hydrogen-bond donors (Lipinski definition) is 0. The quantitative estimate of drug-likeness (QED) is 0.165. The maximum Gasteiger partial charge on any atom is 0.135 e. The van der Waals surface area contributed by atoms with Crippen molar-refractivity contribution in [3.8, 4) is 0 Å². The van der Waals surface area contributed by atoms with Crippen molar-refractivity contribution >= 4 is 66.8 Å². The molecule has 2 unspecified atom stereocenters. The average Bonchev–Trinajstić information content (AvgIpc) is 3.31. The first-order valence-corrected chi connectivity index (χ1v) is 20.0. The molecule has 0 radical (unpaired) electrons. The molecule has 0 spiro atoms. The van der Waals surface area contributed by atoms with Crippen molar-refractivity contribution in [2.75, 3.05) is 0 Å². The monoisotopic (exact) mass is 699 g/mol. The lowest BCUT2D eigenvalue weighted by atomic mass is 9.77. The summed E-state index contributed by atoms with van der Waals surface area (Å²) >= 11 is 0. The van der Waals surface area contributed by atoms with Gasteiger partial charge in [0.2, 0.25) is 0 Å². The van der Waals surface area contributed by atoms with Crippen LogP contribution in [-0.2, 0) is 25.7 Å². The third-order valence-corrected chi connectivity index (χ3v) is 12.3. The van der Waals surface area contributed by atoms with Gasteiger partial charge in [-0.15, -0.1) is 0 Å². The van der Waals surface area contributed by atoms with Crippen LogP contribution in [0.5, 0.6) is 0 Å². The zero-order valence-corrected chi connectivity index (χ0v) is 31.3. The highest BCUT2D eigenvalue weighted by Crippen LogP contribution is 2.46. The van der Waals surface area contributed by atoms with Gasteiger partial charge in [-0.05, 0) is 110 Å². The van der Waals surface area contributed by atoms with Crippen LogP contribution in [0.2, 0.25) is 0 Å². The average molecular weight is 700 g/mol. The van der Waals surface area contributed by atoms with Gasteiger partial charge in [-0.25, -0.2) is 0 Å². The van der Waals surface area contributed by atoms with Crippen molar-refractivity contribution in [1.82, 2.24) is 0 Å². The molecule has 1 aromatic heterocycles. The molecule has 4 aliphatic carbocycles. The Kier molecular flexibility index (Phi) is 8.09. The minimum atomic E-state index is 0.227. The van der Waals surface area contributed by atoms with Crippen LogP contribution in [0.1, 0.15) is 72.3 Å². The molecule has 1 aliphatic heterocycles. The van der Waals surface area contributed by atoms with E-state index in [0.717, 1.165) is 84.2 Å². The number of furan rings is 1. The smallest absolute Gasteiger partial charge is 0.135 e. The predicted molar refractivity (Wildman–Crippen MR) is 231 cm³/mol. The van der Waals surface area contributed by atoms with Gasteiger partial charge in [-0.2, -0.15) is 0 Å². The van der Waals surface area contributed by atoms with Crippen LogP contribution in [0.4, 0.5) is 0 Å². The lowest BCUT2D eigenvalue weighted by Gasteiger charge is -2.27. The van der Waals surface area contributed by atoms with Gasteiger partial charge >= 0.3 is 0 Å². The number of aryl methyl sites for hydroxylation is 2. The van der Waals surface area contributed by atoms with Crippen molar-refractivity contribution in [2.24, 2.45) is 16.8 Å². The molecule has 54 heavy (non-hydrogen) atoms. The van der Waals surface area contributed by atoms with Gasteiger partial charge in [-0.3, -0.25) is 4.99 Å². The number of hydrogen-bond acceptors (Lipinski definition) is 2. The summed E-state index contributed by atoms with van der Waals surface area (Å²) in [4.78, 5) is 5.80. The second kappa shape index (κ2) is 13.3. The zero-order chi connectivity index (χ0) is 36.3. The first kappa shape index (κ1) is 32.9. The van der Waals surface area contributed by atoms with E-state index in [2.05, 4.69) is 127 Å². The molecule has 2 heterocycles. The second-order valence-corrected chi connectivity index (χ2v) is 15.2. The van der Waals surface area contributed by atoms with Crippen LogP contribution in [0, 0.1) is 11.8 Å². The van der Waals surface area contributed by atoms with Crippen LogP contribution < -0.4 is 0 Å². The summed E-state index contributed by atoms with van der Waals surface area (Å²) in [6, 6.07) is 25.3. The first-order valence-electron chi connectivity index (χ1n) is 20.0. The predicted octanol–water partition coefficient (Wildman–Crippen LogP) is 13.7. The Balaban J connectivity index is 0.00000178. The van der Waals surface area contributed by atoms with Gasteiger partial charge in [0.15, 0.2) is 0 Å². The summed E-state index contributed by atoms with van der Waals surface area (Å²) in [5.41, 5.74) is 13.7. The summed E-state index contributed by atoms with van der Waals surface area (Å²) in [7, 11) is 0. The molecule has 2 atom stereocenters. The SMILES string of the molecule is C=C1CC2C=CC=CC2=C(c2cccc3oc4c(c23)C=CC=CC4)N=C1C1CCc2cccc3c4c5c(ccc4c4cccc(c4c23)C1)C=CCC5.CC. The van der Waals surface area contributed by atoms with Gasteiger partial charge in [0.1, 0.15) is 11.3 Å². The van der Waals surface area contributed by atoms with E-state index in [0.29, 0.717) is 0 Å². The molecule has 2 nitrogen and oxygen atoms in total. The zero-order valence-electron chi connectivity index (χ0n) is 31.3. The number of rotatable bonds is 2. The summed E-state index contributed by atoms with van der Waals surface area (Å²) in [5.74, 6) is 1.48. The third-order valence-electron chi connectivity index (χ3n) is 12.3. The van der Waals surface area contributed by atoms with Gasteiger partial charge in [0.05, 0.1) is 5.70 Å². The van der Waals surface area contributed by atoms with Crippen molar-refractivity contribution < 1.29 is 4.42 Å². The van der Waals surface area contributed by atoms with Crippen molar-refractivity contribution in [1.29, 1.82) is 0 Å². The normalized spacial score (nSPS) is 20.0. The van der Waals surface area contributed by atoms with Gasteiger partial charge in [0.25, 0.3) is 0 Å². The minimum Gasteiger partial charge on any atom is -0.460 e. The summed E-state index contributed by atoms with van der Waals surface area (Å²) in [6.45, 7) is 8.79. The fourth-order valence-electron chi connectivity index (χ4n) is 9.99. The molecule has 2 heteroatoms. The van der Waals surface area contributed by atoms with E-state index in [1.54, 1.807) is 0 Å². The molecule has 264 valence electrons. The van der Waals surface area contributed by atoms with E-state index in [1.165, 1.54) is 65.7 Å². The summed E-state index contributed by atoms with van der Waals surface area (Å²) < 4.78 is 6.49. The molecule has 0 fully saturated rings. The fourth-order valence-corrected chi connectivity index (χ4v) is 9.99. The van der Waals surface area contributed by atoms with Crippen molar-refractivity contribution in [3.63, 3.8) is 0 Å². The highest BCUT2D eigenvalue weighted by Gasteiger charge is 2.31. The van der Waals surface area contributed by atoms with E-state index in [-0.39, 0.29) is 11.8 Å². The number of nitrogens with zero attached hydrogens (tertiary/aromatic N) is 1. The topological polar surface area (TPSA) is 25.5 Å². The molecule has 0 saturated carbocycles. The second-order valence-electron chi connectivity index (χ2n) is 15.2. The molecule has 5 aromatic carbocycles. The molecular formula is C52H45NO. The lowest BCUT2D eigenvalue weighted by molar-refractivity contribution is 0.564. The van der Waals surface area contributed by atoms with E-state index in [9.17, 15) is 0 Å². The van der Waals surface area contributed by atoms with E-state index < -0.39 is 0 Å². The molecule has 11 rings (SSSR count). The molecule has 0 saturated heterocycles. The number of allylic oxidation sites excluding steroid dienone is 10. The van der Waals surface area contributed by atoms with Crippen LogP contribution in [0.3, 0.4) is 0 Å². The molecular weight excluding hydrogens is 655 g/mol. The Morgan fingerprint density at radius 2 is 1.52 bits per heavy atom. The van der Waals surface area contributed by atoms with E-state index in [4.69, 9.17) is 16.0 Å². The summed E-state index contributed by atoms with van der Waals surface area (Å²) in [6.07, 6.45) is 29.1. The van der Waals surface area contributed by atoms with Crippen molar-refractivity contribution in [3.05, 3.63) is 172 Å². The number of aliphatic imine (C=N–C) groups is 1. The number of benzene rings is 5. The first-order chi connectivity index (χ1) is 26.7. The van der Waals surface area contributed by atoms with E-state index in [1.807, 2.05) is 13.8 Å². The van der Waals surface area contributed by atoms with Gasteiger partial charge < -0.3 is 4.42 Å². The standard InChI is InChI=1S/C50H39NO.C2H6/c1-30-28-33-13-6-8-17-37(33)50(42-21-11-23-44-48(42)40-18-3-2-4-22-43(40)52-44)51-49(30)35-25-24-32-14-9-20-41-45(32)46-34(29-35)15-10-19-38(46)39-27-26-31-12-5-7-16-36(31)47(39)41;1-2/h2-6,8-15,17-21,23,26-27,33,35H,1,7,16,22,24-25,28-29H2;1-2H3. The molecule has 0 N–H and O–H groups in total. The maximum absolute atomic E-state index is 6.49. The molecule has 5 aliphatic rings. The highest BCUT2D eigenvalue weighted by atomic mass is 16.3.